The molecule has 2 aromatic heterocycles. The van der Waals surface area contributed by atoms with Crippen LogP contribution in [-0.2, 0) is 29.2 Å². The van der Waals surface area contributed by atoms with Crippen LogP contribution in [0.3, 0.4) is 0 Å². The van der Waals surface area contributed by atoms with E-state index in [0.29, 0.717) is 35.9 Å². The molecule has 3 aliphatic carbocycles. The van der Waals surface area contributed by atoms with Gasteiger partial charge in [0.1, 0.15) is 22.6 Å². The number of thiazole rings is 1. The zero-order valence-electron chi connectivity index (χ0n) is 27.6. The number of rotatable bonds is 15. The van der Waals surface area contributed by atoms with E-state index in [1.807, 2.05) is 26.2 Å². The summed E-state index contributed by atoms with van der Waals surface area (Å²) in [6.07, 6.45) is 7.87. The maximum Gasteiger partial charge on any atom is 0.317 e. The number of likely N-dealkylation sites (tertiary alicyclic amines) is 1. The maximum atomic E-state index is 14.4. The number of nitrogens with zero attached hydrogens (tertiary/aromatic N) is 4. The van der Waals surface area contributed by atoms with E-state index in [1.165, 1.54) is 16.2 Å². The second kappa shape index (κ2) is 13.1. The first-order valence-corrected chi connectivity index (χ1v) is 19.1. The fourth-order valence-electron chi connectivity index (χ4n) is 6.67. The first-order valence-electron chi connectivity index (χ1n) is 16.6. The van der Waals surface area contributed by atoms with E-state index < -0.39 is 50.1 Å². The smallest absolute Gasteiger partial charge is 0.317 e. The van der Waals surface area contributed by atoms with Gasteiger partial charge in [0.25, 0.3) is 0 Å². The van der Waals surface area contributed by atoms with Crippen molar-refractivity contribution in [1.82, 2.24) is 24.6 Å². The summed E-state index contributed by atoms with van der Waals surface area (Å²) < 4.78 is 33.7. The Morgan fingerprint density at radius 1 is 1.17 bits per heavy atom. The lowest BCUT2D eigenvalue weighted by Gasteiger charge is -2.35. The van der Waals surface area contributed by atoms with Gasteiger partial charge in [-0.2, -0.15) is 4.98 Å². The van der Waals surface area contributed by atoms with Crippen LogP contribution in [0.25, 0.3) is 10.7 Å². The van der Waals surface area contributed by atoms with Gasteiger partial charge in [-0.05, 0) is 55.4 Å². The topological polar surface area (TPSA) is 166 Å². The molecule has 258 valence electrons. The highest BCUT2D eigenvalue weighted by molar-refractivity contribution is 7.90. The van der Waals surface area contributed by atoms with Crippen LogP contribution < -0.4 is 9.46 Å². The van der Waals surface area contributed by atoms with Crippen molar-refractivity contribution >= 4 is 44.7 Å². The van der Waals surface area contributed by atoms with Gasteiger partial charge >= 0.3 is 6.01 Å². The Morgan fingerprint density at radius 2 is 1.92 bits per heavy atom. The summed E-state index contributed by atoms with van der Waals surface area (Å²) >= 11 is 1.42. The Kier molecular flexibility index (Phi) is 9.35. The van der Waals surface area contributed by atoms with E-state index in [-0.39, 0.29) is 61.6 Å². The molecule has 1 unspecified atom stereocenters. The Bertz CT molecular complexity index is 1700. The van der Waals surface area contributed by atoms with Crippen LogP contribution in [-0.4, -0.2) is 75.6 Å². The molecule has 0 spiro atoms. The number of ether oxygens (including phenoxy) is 1. The minimum Gasteiger partial charge on any atom is -0.458 e. The number of carbonyl (C=O) groups excluding carboxylic acids is 4. The molecule has 1 aliphatic heterocycles. The van der Waals surface area contributed by atoms with Crippen molar-refractivity contribution in [2.24, 2.45) is 28.6 Å². The summed E-state index contributed by atoms with van der Waals surface area (Å²) in [4.78, 5) is 69.7. The molecule has 2 amide bonds. The van der Waals surface area contributed by atoms with E-state index in [1.54, 1.807) is 24.5 Å². The number of amides is 2. The lowest BCUT2D eigenvalue weighted by molar-refractivity contribution is -0.146. The first-order chi connectivity index (χ1) is 22.7. The summed E-state index contributed by atoms with van der Waals surface area (Å²) in [7, 11) is -3.83. The number of hydrogen-bond donors (Lipinski definition) is 1. The number of ketones is 2. The first kappa shape index (κ1) is 34.3. The Hall–Kier alpha value is -3.52. The van der Waals surface area contributed by atoms with Gasteiger partial charge in [0, 0.05) is 49.4 Å². The monoisotopic (exact) mass is 697 g/mol. The quantitative estimate of drug-likeness (QED) is 0.268. The van der Waals surface area contributed by atoms with Crippen molar-refractivity contribution in [3.05, 3.63) is 36.5 Å². The third kappa shape index (κ3) is 7.54. The van der Waals surface area contributed by atoms with Crippen molar-refractivity contribution in [2.75, 3.05) is 6.54 Å². The fourth-order valence-corrected chi connectivity index (χ4v) is 8.67. The van der Waals surface area contributed by atoms with Gasteiger partial charge in [0.2, 0.25) is 21.8 Å². The summed E-state index contributed by atoms with van der Waals surface area (Å²) in [6.45, 7) is 9.61. The van der Waals surface area contributed by atoms with Crippen LogP contribution in [0.5, 0.6) is 6.01 Å². The number of sulfonamides is 1. The van der Waals surface area contributed by atoms with Gasteiger partial charge < -0.3 is 9.64 Å². The number of Topliss-reactive ketones (excluding diaryl/α,β-unsaturated/α-hetero) is 2. The summed E-state index contributed by atoms with van der Waals surface area (Å²) in [5.41, 5.74) is -1.26. The van der Waals surface area contributed by atoms with Crippen LogP contribution in [0.15, 0.2) is 36.5 Å². The molecule has 6 rings (SSSR count). The van der Waals surface area contributed by atoms with Gasteiger partial charge in [0.15, 0.2) is 5.78 Å². The van der Waals surface area contributed by atoms with Crippen molar-refractivity contribution in [3.8, 4) is 16.7 Å². The fraction of sp³-hybridized carbons (Fsp3) is 0.618. The molecule has 5 atom stereocenters. The second-order valence-corrected chi connectivity index (χ2v) is 17.7. The molecule has 14 heteroatoms. The molecule has 3 saturated carbocycles. The predicted molar refractivity (Wildman–Crippen MR) is 178 cm³/mol. The normalized spacial score (nSPS) is 26.1. The number of allylic oxidation sites excluding steroid dienone is 1. The third-order valence-electron chi connectivity index (χ3n) is 10.0. The Morgan fingerprint density at radius 3 is 2.52 bits per heavy atom. The predicted octanol–water partition coefficient (Wildman–Crippen LogP) is 4.13. The van der Waals surface area contributed by atoms with Crippen molar-refractivity contribution in [1.29, 1.82) is 0 Å². The SMILES string of the molecule is C=CC1C[C@]1(CC(=O)[C@@H]1C[C@@H](Oc2nccc(-c3nccs3)n2)CN1C(=O)[C@@H](CC(=O)CC1CC1)C(C)(C)C)C(=O)NS(=O)(=O)C1CC1. The molecule has 12 nitrogen and oxygen atoms in total. The highest BCUT2D eigenvalue weighted by Gasteiger charge is 2.61. The number of aromatic nitrogens is 3. The molecule has 4 fully saturated rings. The minimum atomic E-state index is -3.83. The molecule has 4 aliphatic rings. The molecule has 3 heterocycles. The summed E-state index contributed by atoms with van der Waals surface area (Å²) in [5, 5.41) is 1.93. The molecule has 2 aromatic rings. The van der Waals surface area contributed by atoms with Gasteiger partial charge in [-0.25, -0.2) is 18.4 Å². The molecule has 0 bridgehead atoms. The zero-order chi connectivity index (χ0) is 34.4. The molecular weight excluding hydrogens is 655 g/mol. The second-order valence-electron chi connectivity index (χ2n) is 14.9. The van der Waals surface area contributed by atoms with Crippen LogP contribution in [0, 0.1) is 28.6 Å². The maximum absolute atomic E-state index is 14.4. The third-order valence-corrected chi connectivity index (χ3v) is 12.6. The molecule has 48 heavy (non-hydrogen) atoms. The molecule has 0 aromatic carbocycles. The Labute approximate surface area is 285 Å². The van der Waals surface area contributed by atoms with Crippen LogP contribution in [0.1, 0.15) is 78.6 Å². The lowest BCUT2D eigenvalue weighted by Crippen LogP contribution is -2.48. The number of carbonyl (C=O) groups is 4. The van der Waals surface area contributed by atoms with Crippen molar-refractivity contribution < 1.29 is 32.3 Å². The summed E-state index contributed by atoms with van der Waals surface area (Å²) in [6, 6.07) is 0.841. The number of hydrogen-bond acceptors (Lipinski definition) is 11. The summed E-state index contributed by atoms with van der Waals surface area (Å²) in [5.74, 6) is -2.03. The van der Waals surface area contributed by atoms with E-state index in [9.17, 15) is 27.6 Å². The molecule has 1 N–H and O–H groups in total. The van der Waals surface area contributed by atoms with Gasteiger partial charge in [-0.3, -0.25) is 23.9 Å². The van der Waals surface area contributed by atoms with Crippen LogP contribution >= 0.6 is 11.3 Å². The van der Waals surface area contributed by atoms with Crippen LogP contribution in [0.4, 0.5) is 0 Å². The van der Waals surface area contributed by atoms with Crippen molar-refractivity contribution in [2.45, 2.75) is 96.0 Å². The van der Waals surface area contributed by atoms with E-state index >= 15 is 0 Å². The molecule has 1 saturated heterocycles. The minimum absolute atomic E-state index is 0.0346. The average molecular weight is 698 g/mol. The van der Waals surface area contributed by atoms with E-state index in [2.05, 4.69) is 26.3 Å². The largest absolute Gasteiger partial charge is 0.458 e. The highest BCUT2D eigenvalue weighted by Crippen LogP contribution is 2.57. The molecular formula is C34H43N5O7S2. The average Bonchev–Trinajstić information content (AvgIpc) is 3.98. The van der Waals surface area contributed by atoms with Gasteiger partial charge in [-0.1, -0.05) is 26.8 Å². The lowest BCUT2D eigenvalue weighted by atomic mass is 9.76. The van der Waals surface area contributed by atoms with Gasteiger partial charge in [-0.15, -0.1) is 17.9 Å². The van der Waals surface area contributed by atoms with Crippen LogP contribution in [0.2, 0.25) is 0 Å². The standard InChI is InChI=1S/C34H43N5O7S2/c1-5-21-17-34(21,31(43)38-48(44,45)24-8-9-24)18-28(41)27-16-23(46-32-36-11-10-26(37-32)29-35-12-13-47-29)19-39(27)30(42)25(33(2,3)4)15-22(40)14-20-6-7-20/h5,10-13,20-21,23-25,27H,1,6-9,14-19H2,2-4H3,(H,38,43)/t21?,23-,25-,27+,34-/m1/s1. The number of nitrogens with one attached hydrogen (secondary N) is 1. The molecule has 0 radical (unpaired) electrons. The van der Waals surface area contributed by atoms with Gasteiger partial charge in [0.05, 0.1) is 23.3 Å². The van der Waals surface area contributed by atoms with E-state index in [0.717, 1.165) is 12.8 Å². The van der Waals surface area contributed by atoms with E-state index in [4.69, 9.17) is 4.74 Å². The zero-order valence-corrected chi connectivity index (χ0v) is 29.2. The van der Waals surface area contributed by atoms with Crippen molar-refractivity contribution in [3.63, 3.8) is 0 Å². The highest BCUT2D eigenvalue weighted by atomic mass is 32.2. The Balaban J connectivity index is 1.25.